The second-order valence-electron chi connectivity index (χ2n) is 7.65. The number of anilines is 1. The first-order valence-electron chi connectivity index (χ1n) is 10.3. The minimum Gasteiger partial charge on any atom is -0.503 e. The Kier molecular flexibility index (Phi) is 5.28. The Morgan fingerprint density at radius 2 is 1.86 bits per heavy atom. The topological polar surface area (TPSA) is 92.9 Å². The Morgan fingerprint density at radius 1 is 1.06 bits per heavy atom. The largest absolute Gasteiger partial charge is 0.573 e. The highest BCUT2D eigenvalue weighted by molar-refractivity contribution is 6.20. The molecular formula is C25H15F3N2O5. The van der Waals surface area contributed by atoms with Gasteiger partial charge in [-0.25, -0.2) is 0 Å². The first kappa shape index (κ1) is 22.2. The van der Waals surface area contributed by atoms with Crippen LogP contribution in [-0.2, 0) is 4.79 Å². The molecule has 0 radical (unpaired) electrons. The lowest BCUT2D eigenvalue weighted by atomic mass is 9.96. The summed E-state index contributed by atoms with van der Waals surface area (Å²) in [6.45, 7) is 0. The molecule has 0 spiro atoms. The second kappa shape index (κ2) is 8.32. The first-order valence-corrected chi connectivity index (χ1v) is 10.3. The number of ether oxygens (including phenoxy) is 1. The number of ketones is 1. The van der Waals surface area contributed by atoms with Crippen molar-refractivity contribution >= 4 is 28.3 Å². The lowest BCUT2D eigenvalue weighted by Gasteiger charge is -2.26. The van der Waals surface area contributed by atoms with Crippen LogP contribution < -0.4 is 9.64 Å². The zero-order chi connectivity index (χ0) is 24.7. The number of rotatable bonds is 5. The summed E-state index contributed by atoms with van der Waals surface area (Å²) in [5.41, 5.74) is 0.479. The molecule has 3 heterocycles. The number of carbonyl (C=O) groups excluding carboxylic acids is 2. The molecule has 35 heavy (non-hydrogen) atoms. The average Bonchev–Trinajstić information content (AvgIpc) is 3.37. The van der Waals surface area contributed by atoms with Crippen molar-refractivity contribution in [3.8, 4) is 5.75 Å². The Bertz CT molecular complexity index is 1440. The lowest BCUT2D eigenvalue weighted by molar-refractivity contribution is -0.274. The number of aromatic nitrogens is 1. The molecule has 1 amide bonds. The maximum Gasteiger partial charge on any atom is 0.573 e. The monoisotopic (exact) mass is 480 g/mol. The Hall–Kier alpha value is -4.60. The number of hydrogen-bond acceptors (Lipinski definition) is 6. The van der Waals surface area contributed by atoms with Crippen LogP contribution in [0, 0.1) is 0 Å². The van der Waals surface area contributed by atoms with Gasteiger partial charge in [0.1, 0.15) is 11.3 Å². The fourth-order valence-corrected chi connectivity index (χ4v) is 4.01. The third-order valence-corrected chi connectivity index (χ3v) is 5.43. The quantitative estimate of drug-likeness (QED) is 0.379. The molecule has 1 aliphatic heterocycles. The normalized spacial score (nSPS) is 16.3. The Morgan fingerprint density at radius 3 is 2.57 bits per heavy atom. The number of alkyl halides is 3. The number of hydrogen-bond donors (Lipinski definition) is 1. The van der Waals surface area contributed by atoms with Gasteiger partial charge in [0.15, 0.2) is 11.5 Å². The third-order valence-electron chi connectivity index (χ3n) is 5.43. The molecule has 0 saturated carbocycles. The van der Waals surface area contributed by atoms with Gasteiger partial charge in [-0.3, -0.25) is 19.5 Å². The van der Waals surface area contributed by atoms with E-state index >= 15 is 0 Å². The van der Waals surface area contributed by atoms with Crippen molar-refractivity contribution in [3.63, 3.8) is 0 Å². The van der Waals surface area contributed by atoms with Crippen LogP contribution in [0.5, 0.6) is 5.75 Å². The molecule has 4 aromatic rings. The van der Waals surface area contributed by atoms with Crippen LogP contribution >= 0.6 is 0 Å². The molecule has 0 aliphatic carbocycles. The van der Waals surface area contributed by atoms with Crippen LogP contribution in [0.3, 0.4) is 0 Å². The van der Waals surface area contributed by atoms with Gasteiger partial charge >= 0.3 is 6.36 Å². The van der Waals surface area contributed by atoms with E-state index in [-0.39, 0.29) is 17.0 Å². The predicted octanol–water partition coefficient (Wildman–Crippen LogP) is 5.51. The first-order chi connectivity index (χ1) is 16.7. The molecule has 1 atom stereocenters. The number of aliphatic hydroxyl groups is 1. The Labute approximate surface area is 195 Å². The van der Waals surface area contributed by atoms with E-state index in [0.29, 0.717) is 16.5 Å². The van der Waals surface area contributed by atoms with Gasteiger partial charge < -0.3 is 14.3 Å². The SMILES string of the molecule is O=C(C1=C(O)C(=O)N(c2cccc(OC(F)(F)F)c2)C1c1cccnc1)c1cc2ccccc2o1. The summed E-state index contributed by atoms with van der Waals surface area (Å²) in [6.07, 6.45) is -2.07. The van der Waals surface area contributed by atoms with Gasteiger partial charge in [-0.05, 0) is 35.9 Å². The molecule has 0 fully saturated rings. The molecule has 2 aromatic heterocycles. The van der Waals surface area contributed by atoms with Crippen molar-refractivity contribution < 1.29 is 37.0 Å². The number of benzene rings is 2. The van der Waals surface area contributed by atoms with E-state index in [1.807, 2.05) is 0 Å². The molecule has 1 N–H and O–H groups in total. The number of para-hydroxylation sites is 1. The smallest absolute Gasteiger partial charge is 0.503 e. The van der Waals surface area contributed by atoms with Crippen molar-refractivity contribution in [3.05, 3.63) is 102 Å². The van der Waals surface area contributed by atoms with Gasteiger partial charge in [0.2, 0.25) is 5.78 Å². The number of aliphatic hydroxyl groups excluding tert-OH is 1. The molecule has 1 unspecified atom stereocenters. The molecular weight excluding hydrogens is 465 g/mol. The van der Waals surface area contributed by atoms with Crippen LogP contribution in [0.1, 0.15) is 22.2 Å². The number of amides is 1. The van der Waals surface area contributed by atoms with Crippen LogP contribution in [0.15, 0.2) is 94.9 Å². The third kappa shape index (κ3) is 4.10. The average molecular weight is 480 g/mol. The number of Topliss-reactive ketones (excluding diaryl/α,β-unsaturated/α-hetero) is 1. The van der Waals surface area contributed by atoms with Gasteiger partial charge in [-0.2, -0.15) is 0 Å². The summed E-state index contributed by atoms with van der Waals surface area (Å²) in [5.74, 6) is -3.23. The van der Waals surface area contributed by atoms with Crippen molar-refractivity contribution in [1.29, 1.82) is 0 Å². The van der Waals surface area contributed by atoms with E-state index in [0.717, 1.165) is 17.0 Å². The Balaban J connectivity index is 1.62. The maximum atomic E-state index is 13.5. The molecule has 5 rings (SSSR count). The van der Waals surface area contributed by atoms with Crippen LogP contribution in [0.4, 0.5) is 18.9 Å². The highest BCUT2D eigenvalue weighted by Crippen LogP contribution is 2.43. The number of carbonyl (C=O) groups is 2. The number of pyridine rings is 1. The lowest BCUT2D eigenvalue weighted by Crippen LogP contribution is -2.31. The molecule has 1 aliphatic rings. The standard InChI is InChI=1S/C25H15F3N2O5/c26-25(27,28)35-17-8-3-7-16(12-17)30-21(15-6-4-10-29-13-15)20(23(32)24(30)33)22(31)19-11-14-5-1-2-9-18(14)34-19/h1-13,21,32H. The van der Waals surface area contributed by atoms with Gasteiger partial charge in [0.05, 0.1) is 11.6 Å². The fourth-order valence-electron chi connectivity index (χ4n) is 4.01. The summed E-state index contributed by atoms with van der Waals surface area (Å²) >= 11 is 0. The van der Waals surface area contributed by atoms with E-state index in [4.69, 9.17) is 4.42 Å². The van der Waals surface area contributed by atoms with Gasteiger partial charge in [-0.15, -0.1) is 13.2 Å². The highest BCUT2D eigenvalue weighted by atomic mass is 19.4. The van der Waals surface area contributed by atoms with Gasteiger partial charge in [0, 0.05) is 29.5 Å². The van der Waals surface area contributed by atoms with Crippen LogP contribution in [-0.4, -0.2) is 28.1 Å². The summed E-state index contributed by atoms with van der Waals surface area (Å²) in [6, 6.07) is 15.1. The molecule has 0 saturated heterocycles. The number of furan rings is 1. The zero-order valence-corrected chi connectivity index (χ0v) is 17.7. The van der Waals surface area contributed by atoms with Crippen molar-refractivity contribution in [1.82, 2.24) is 4.98 Å². The second-order valence-corrected chi connectivity index (χ2v) is 7.65. The molecule has 7 nitrogen and oxygen atoms in total. The van der Waals surface area contributed by atoms with Crippen molar-refractivity contribution in [2.75, 3.05) is 4.90 Å². The minimum absolute atomic E-state index is 0.0236. The molecule has 176 valence electrons. The highest BCUT2D eigenvalue weighted by Gasteiger charge is 2.45. The van der Waals surface area contributed by atoms with Crippen molar-refractivity contribution in [2.45, 2.75) is 12.4 Å². The summed E-state index contributed by atoms with van der Waals surface area (Å²) < 4.78 is 47.9. The van der Waals surface area contributed by atoms with Crippen LogP contribution in [0.2, 0.25) is 0 Å². The maximum absolute atomic E-state index is 13.5. The number of fused-ring (bicyclic) bond motifs is 1. The molecule has 10 heteroatoms. The molecule has 2 aromatic carbocycles. The van der Waals surface area contributed by atoms with E-state index in [9.17, 15) is 27.9 Å². The van der Waals surface area contributed by atoms with Crippen LogP contribution in [0.25, 0.3) is 11.0 Å². The summed E-state index contributed by atoms with van der Waals surface area (Å²) in [7, 11) is 0. The van der Waals surface area contributed by atoms with E-state index in [1.54, 1.807) is 36.4 Å². The van der Waals surface area contributed by atoms with Gasteiger partial charge in [0.25, 0.3) is 5.91 Å². The number of nitrogens with zero attached hydrogens (tertiary/aromatic N) is 2. The van der Waals surface area contributed by atoms with E-state index in [2.05, 4.69) is 9.72 Å². The van der Waals surface area contributed by atoms with E-state index in [1.165, 1.54) is 30.6 Å². The zero-order valence-electron chi connectivity index (χ0n) is 17.7. The minimum atomic E-state index is -4.95. The van der Waals surface area contributed by atoms with E-state index < -0.39 is 35.6 Å². The summed E-state index contributed by atoms with van der Waals surface area (Å²) in [5, 5.41) is 11.4. The fraction of sp³-hybridized carbons (Fsp3) is 0.0800. The van der Waals surface area contributed by atoms with Gasteiger partial charge in [-0.1, -0.05) is 30.3 Å². The van der Waals surface area contributed by atoms with Crippen molar-refractivity contribution in [2.24, 2.45) is 0 Å². The number of halogens is 3. The molecule has 0 bridgehead atoms. The predicted molar refractivity (Wildman–Crippen MR) is 118 cm³/mol. The summed E-state index contributed by atoms with van der Waals surface area (Å²) in [4.78, 5) is 31.7.